The molecule has 96 valence electrons. The quantitative estimate of drug-likeness (QED) is 0.686. The summed E-state index contributed by atoms with van der Waals surface area (Å²) in [6, 6.07) is 0.631. The summed E-state index contributed by atoms with van der Waals surface area (Å²) >= 11 is 0. The Morgan fingerprint density at radius 3 is 2.81 bits per heavy atom. The van der Waals surface area contributed by atoms with Crippen molar-refractivity contribution in [2.24, 2.45) is 0 Å². The fourth-order valence-corrected chi connectivity index (χ4v) is 2.37. The highest BCUT2D eigenvalue weighted by Crippen LogP contribution is 2.10. The average molecular weight is 228 g/mol. The fourth-order valence-electron chi connectivity index (χ4n) is 2.37. The molecular formula is C13H28N2O. The third kappa shape index (κ3) is 4.81. The van der Waals surface area contributed by atoms with Gasteiger partial charge >= 0.3 is 0 Å². The highest BCUT2D eigenvalue weighted by atomic mass is 16.5. The molecule has 0 spiro atoms. The van der Waals surface area contributed by atoms with E-state index in [0.29, 0.717) is 12.1 Å². The van der Waals surface area contributed by atoms with Gasteiger partial charge in [-0.2, -0.15) is 0 Å². The SMILES string of the molecule is CCCN(CC)C(C)CNCC1CCCO1. The number of nitrogens with zero attached hydrogens (tertiary/aromatic N) is 1. The Balaban J connectivity index is 2.09. The third-order valence-corrected chi connectivity index (χ3v) is 3.38. The zero-order valence-corrected chi connectivity index (χ0v) is 11.2. The average Bonchev–Trinajstić information content (AvgIpc) is 2.78. The van der Waals surface area contributed by atoms with Gasteiger partial charge in [0.05, 0.1) is 6.10 Å². The first-order chi connectivity index (χ1) is 7.77. The van der Waals surface area contributed by atoms with Crippen molar-refractivity contribution in [3.8, 4) is 0 Å². The molecule has 2 unspecified atom stereocenters. The number of hydrogen-bond donors (Lipinski definition) is 1. The Hall–Kier alpha value is -0.120. The van der Waals surface area contributed by atoms with Gasteiger partial charge in [-0.05, 0) is 39.3 Å². The van der Waals surface area contributed by atoms with Crippen molar-refractivity contribution < 1.29 is 4.74 Å². The van der Waals surface area contributed by atoms with Crippen LogP contribution in [0.3, 0.4) is 0 Å². The molecule has 0 amide bonds. The molecule has 0 aromatic rings. The van der Waals surface area contributed by atoms with Crippen molar-refractivity contribution in [1.29, 1.82) is 0 Å². The monoisotopic (exact) mass is 228 g/mol. The molecule has 1 aliphatic heterocycles. The van der Waals surface area contributed by atoms with Gasteiger partial charge in [0.2, 0.25) is 0 Å². The van der Waals surface area contributed by atoms with E-state index in [0.717, 1.165) is 26.2 Å². The van der Waals surface area contributed by atoms with E-state index in [1.807, 2.05) is 0 Å². The van der Waals surface area contributed by atoms with E-state index in [9.17, 15) is 0 Å². The zero-order valence-electron chi connectivity index (χ0n) is 11.2. The van der Waals surface area contributed by atoms with E-state index in [2.05, 4.69) is 31.0 Å². The minimum atomic E-state index is 0.466. The van der Waals surface area contributed by atoms with E-state index in [-0.39, 0.29) is 0 Å². The molecule has 0 aromatic carbocycles. The largest absolute Gasteiger partial charge is 0.377 e. The molecule has 0 bridgehead atoms. The number of ether oxygens (including phenoxy) is 1. The topological polar surface area (TPSA) is 24.5 Å². The van der Waals surface area contributed by atoms with Crippen LogP contribution in [0.25, 0.3) is 0 Å². The molecule has 1 saturated heterocycles. The second-order valence-electron chi connectivity index (χ2n) is 4.77. The van der Waals surface area contributed by atoms with Gasteiger partial charge < -0.3 is 10.1 Å². The molecule has 1 rings (SSSR count). The molecule has 1 N–H and O–H groups in total. The molecule has 0 saturated carbocycles. The number of nitrogens with one attached hydrogen (secondary N) is 1. The van der Waals surface area contributed by atoms with Gasteiger partial charge in [-0.3, -0.25) is 4.90 Å². The maximum atomic E-state index is 5.59. The Kier molecular flexibility index (Phi) is 7.01. The maximum absolute atomic E-state index is 5.59. The predicted molar refractivity (Wildman–Crippen MR) is 68.8 cm³/mol. The standard InChI is InChI=1S/C13H28N2O/c1-4-8-15(5-2)12(3)10-14-11-13-7-6-9-16-13/h12-14H,4-11H2,1-3H3. The summed E-state index contributed by atoms with van der Waals surface area (Å²) in [6.45, 7) is 12.2. The van der Waals surface area contributed by atoms with Crippen LogP contribution < -0.4 is 5.32 Å². The van der Waals surface area contributed by atoms with Gasteiger partial charge in [-0.25, -0.2) is 0 Å². The number of hydrogen-bond acceptors (Lipinski definition) is 3. The van der Waals surface area contributed by atoms with E-state index in [1.165, 1.54) is 25.8 Å². The minimum absolute atomic E-state index is 0.466. The van der Waals surface area contributed by atoms with Gasteiger partial charge in [-0.15, -0.1) is 0 Å². The van der Waals surface area contributed by atoms with Crippen LogP contribution in [-0.4, -0.2) is 49.8 Å². The van der Waals surface area contributed by atoms with Crippen molar-refractivity contribution in [3.63, 3.8) is 0 Å². The van der Waals surface area contributed by atoms with Crippen molar-refractivity contribution in [1.82, 2.24) is 10.2 Å². The Bertz CT molecular complexity index is 169. The van der Waals surface area contributed by atoms with Crippen molar-refractivity contribution in [2.45, 2.75) is 52.2 Å². The summed E-state index contributed by atoms with van der Waals surface area (Å²) in [4.78, 5) is 2.53. The lowest BCUT2D eigenvalue weighted by Crippen LogP contribution is -2.42. The van der Waals surface area contributed by atoms with Crippen LogP contribution in [-0.2, 0) is 4.74 Å². The Morgan fingerprint density at radius 2 is 2.25 bits per heavy atom. The zero-order chi connectivity index (χ0) is 11.8. The molecule has 0 radical (unpaired) electrons. The van der Waals surface area contributed by atoms with Crippen molar-refractivity contribution in [3.05, 3.63) is 0 Å². The van der Waals surface area contributed by atoms with E-state index in [1.54, 1.807) is 0 Å². The van der Waals surface area contributed by atoms with Crippen LogP contribution in [0.4, 0.5) is 0 Å². The molecule has 16 heavy (non-hydrogen) atoms. The number of likely N-dealkylation sites (N-methyl/N-ethyl adjacent to an activating group) is 1. The fraction of sp³-hybridized carbons (Fsp3) is 1.00. The third-order valence-electron chi connectivity index (χ3n) is 3.38. The summed E-state index contributed by atoms with van der Waals surface area (Å²) in [5.74, 6) is 0. The molecule has 3 heteroatoms. The molecule has 2 atom stereocenters. The summed E-state index contributed by atoms with van der Waals surface area (Å²) < 4.78 is 5.59. The van der Waals surface area contributed by atoms with Crippen LogP contribution in [0.15, 0.2) is 0 Å². The van der Waals surface area contributed by atoms with Crippen LogP contribution in [0.5, 0.6) is 0 Å². The summed E-state index contributed by atoms with van der Waals surface area (Å²) in [6.07, 6.45) is 4.17. The molecule has 3 nitrogen and oxygen atoms in total. The van der Waals surface area contributed by atoms with Crippen LogP contribution in [0.1, 0.15) is 40.0 Å². The lowest BCUT2D eigenvalue weighted by Gasteiger charge is -2.28. The normalized spacial score (nSPS) is 22.9. The van der Waals surface area contributed by atoms with E-state index < -0.39 is 0 Å². The first-order valence-electron chi connectivity index (χ1n) is 6.84. The first kappa shape index (κ1) is 13.9. The van der Waals surface area contributed by atoms with Gasteiger partial charge in [0.1, 0.15) is 0 Å². The second kappa shape index (κ2) is 8.04. The van der Waals surface area contributed by atoms with Crippen LogP contribution in [0.2, 0.25) is 0 Å². The molecule has 1 heterocycles. The highest BCUT2D eigenvalue weighted by molar-refractivity contribution is 4.72. The van der Waals surface area contributed by atoms with Gasteiger partial charge in [0.15, 0.2) is 0 Å². The van der Waals surface area contributed by atoms with Crippen molar-refractivity contribution >= 4 is 0 Å². The Morgan fingerprint density at radius 1 is 1.44 bits per heavy atom. The molecular weight excluding hydrogens is 200 g/mol. The summed E-state index contributed by atoms with van der Waals surface area (Å²) in [7, 11) is 0. The number of rotatable bonds is 8. The minimum Gasteiger partial charge on any atom is -0.377 e. The Labute approximate surface area is 101 Å². The predicted octanol–water partition coefficient (Wildman–Crippen LogP) is 1.88. The lowest BCUT2D eigenvalue weighted by molar-refractivity contribution is 0.107. The van der Waals surface area contributed by atoms with E-state index in [4.69, 9.17) is 4.74 Å². The van der Waals surface area contributed by atoms with Crippen LogP contribution in [0, 0.1) is 0 Å². The van der Waals surface area contributed by atoms with Crippen LogP contribution >= 0.6 is 0 Å². The van der Waals surface area contributed by atoms with Gasteiger partial charge in [0, 0.05) is 25.7 Å². The molecule has 0 aliphatic carbocycles. The lowest BCUT2D eigenvalue weighted by atomic mass is 10.2. The molecule has 1 aliphatic rings. The van der Waals surface area contributed by atoms with Gasteiger partial charge in [0.25, 0.3) is 0 Å². The highest BCUT2D eigenvalue weighted by Gasteiger charge is 2.16. The first-order valence-corrected chi connectivity index (χ1v) is 6.84. The summed E-state index contributed by atoms with van der Waals surface area (Å²) in [5, 5.41) is 3.53. The second-order valence-corrected chi connectivity index (χ2v) is 4.77. The maximum Gasteiger partial charge on any atom is 0.0700 e. The molecule has 1 fully saturated rings. The van der Waals surface area contributed by atoms with Gasteiger partial charge in [-0.1, -0.05) is 13.8 Å². The van der Waals surface area contributed by atoms with E-state index >= 15 is 0 Å². The summed E-state index contributed by atoms with van der Waals surface area (Å²) in [5.41, 5.74) is 0. The molecule has 0 aromatic heterocycles. The smallest absolute Gasteiger partial charge is 0.0700 e. The van der Waals surface area contributed by atoms with Crippen molar-refractivity contribution in [2.75, 3.05) is 32.8 Å².